The van der Waals surface area contributed by atoms with Crippen LogP contribution in [0.15, 0.2) is 29.3 Å². The number of aliphatic hydroxyl groups excluding tert-OH is 1. The molecule has 0 saturated carbocycles. The number of benzene rings is 1. The van der Waals surface area contributed by atoms with Crippen molar-refractivity contribution in [2.45, 2.75) is 43.4 Å². The lowest BCUT2D eigenvalue weighted by Gasteiger charge is -2.51. The molecule has 3 aliphatic heterocycles. The van der Waals surface area contributed by atoms with Crippen molar-refractivity contribution < 1.29 is 9.84 Å². The van der Waals surface area contributed by atoms with Gasteiger partial charge in [0.2, 0.25) is 0 Å². The standard InChI is InChI=1S/C21H28N2O2S/c1-4-13-12-23-8-7-14(13)9-19(23)21(24)17-11-20(26-3)22-18-6-5-15(25-2)10-16(17)18/h5-6,10-11,13-14,19,21,24H,4,7-9,12H2,1-3H3/t13-,14-,19-,21+/m0/s1. The van der Waals surface area contributed by atoms with E-state index < -0.39 is 6.10 Å². The predicted octanol–water partition coefficient (Wildman–Crippen LogP) is 4.12. The van der Waals surface area contributed by atoms with E-state index >= 15 is 0 Å². The Morgan fingerprint density at radius 1 is 1.38 bits per heavy atom. The minimum absolute atomic E-state index is 0.211. The highest BCUT2D eigenvalue weighted by Crippen LogP contribution is 2.43. The third-order valence-corrected chi connectivity index (χ3v) is 7.00. The second kappa shape index (κ2) is 7.37. The molecule has 2 bridgehead atoms. The maximum absolute atomic E-state index is 11.4. The number of fused-ring (bicyclic) bond motifs is 4. The number of nitrogens with zero attached hydrogens (tertiary/aromatic N) is 2. The Hall–Kier alpha value is -1.30. The Balaban J connectivity index is 1.73. The molecule has 4 heterocycles. The molecular weight excluding hydrogens is 344 g/mol. The molecule has 5 heteroatoms. The molecule has 0 aliphatic carbocycles. The van der Waals surface area contributed by atoms with Gasteiger partial charge in [-0.05, 0) is 67.3 Å². The van der Waals surface area contributed by atoms with Gasteiger partial charge in [0, 0.05) is 18.0 Å². The summed E-state index contributed by atoms with van der Waals surface area (Å²) in [5.41, 5.74) is 1.91. The second-order valence-electron chi connectivity index (χ2n) is 7.60. The monoisotopic (exact) mass is 372 g/mol. The van der Waals surface area contributed by atoms with E-state index in [0.29, 0.717) is 0 Å². The fourth-order valence-corrected chi connectivity index (χ4v) is 5.29. The molecule has 0 spiro atoms. The summed E-state index contributed by atoms with van der Waals surface area (Å²) in [5, 5.41) is 13.3. The molecule has 140 valence electrons. The third kappa shape index (κ3) is 3.10. The van der Waals surface area contributed by atoms with Gasteiger partial charge in [-0.15, -0.1) is 11.8 Å². The fourth-order valence-electron chi connectivity index (χ4n) is 4.86. The number of methoxy groups -OCH3 is 1. The molecule has 5 rings (SSSR count). The van der Waals surface area contributed by atoms with Crippen molar-refractivity contribution >= 4 is 22.7 Å². The summed E-state index contributed by atoms with van der Waals surface area (Å²) in [5.74, 6) is 2.36. The summed E-state index contributed by atoms with van der Waals surface area (Å²) in [6.45, 7) is 4.54. The molecule has 0 radical (unpaired) electrons. The molecule has 1 aromatic heterocycles. The van der Waals surface area contributed by atoms with Crippen LogP contribution in [0.3, 0.4) is 0 Å². The summed E-state index contributed by atoms with van der Waals surface area (Å²) in [6.07, 6.45) is 5.17. The Labute approximate surface area is 159 Å². The SMILES string of the molecule is CC[C@H]1CN2CC[C@H]1C[C@H]2[C@H](O)c1cc(SC)nc2ccc(OC)cc12. The van der Waals surface area contributed by atoms with E-state index in [-0.39, 0.29) is 6.04 Å². The molecule has 3 fully saturated rings. The quantitative estimate of drug-likeness (QED) is 0.800. The molecular formula is C21H28N2O2S. The normalized spacial score (nSPS) is 29.1. The lowest BCUT2D eigenvalue weighted by atomic mass is 9.72. The highest BCUT2D eigenvalue weighted by Gasteiger charge is 2.42. The minimum Gasteiger partial charge on any atom is -0.497 e. The van der Waals surface area contributed by atoms with Crippen LogP contribution >= 0.6 is 11.8 Å². The summed E-state index contributed by atoms with van der Waals surface area (Å²) in [6, 6.07) is 8.22. The Bertz CT molecular complexity index is 797. The van der Waals surface area contributed by atoms with Gasteiger partial charge in [-0.25, -0.2) is 4.98 Å². The van der Waals surface area contributed by atoms with E-state index in [1.807, 2.05) is 24.5 Å². The zero-order valence-electron chi connectivity index (χ0n) is 15.8. The highest BCUT2D eigenvalue weighted by atomic mass is 32.2. The predicted molar refractivity (Wildman–Crippen MR) is 107 cm³/mol. The first-order valence-electron chi connectivity index (χ1n) is 9.59. The molecule has 4 nitrogen and oxygen atoms in total. The van der Waals surface area contributed by atoms with Crippen LogP contribution in [-0.2, 0) is 0 Å². The molecule has 26 heavy (non-hydrogen) atoms. The zero-order chi connectivity index (χ0) is 18.3. The van der Waals surface area contributed by atoms with E-state index in [9.17, 15) is 5.11 Å². The summed E-state index contributed by atoms with van der Waals surface area (Å²) in [7, 11) is 1.68. The molecule has 1 unspecified atom stereocenters. The molecule has 1 N–H and O–H groups in total. The lowest BCUT2D eigenvalue weighted by Crippen LogP contribution is -2.55. The molecule has 5 atom stereocenters. The van der Waals surface area contributed by atoms with Gasteiger partial charge in [-0.1, -0.05) is 13.3 Å². The van der Waals surface area contributed by atoms with Crippen LogP contribution in [0.2, 0.25) is 0 Å². The van der Waals surface area contributed by atoms with Gasteiger partial charge in [0.15, 0.2) is 0 Å². The summed E-state index contributed by atoms with van der Waals surface area (Å²) >= 11 is 1.62. The van der Waals surface area contributed by atoms with Crippen LogP contribution in [0.1, 0.15) is 37.9 Å². The number of aromatic nitrogens is 1. The summed E-state index contributed by atoms with van der Waals surface area (Å²) < 4.78 is 5.41. The van der Waals surface area contributed by atoms with Gasteiger partial charge < -0.3 is 9.84 Å². The van der Waals surface area contributed by atoms with E-state index in [2.05, 4.69) is 17.9 Å². The molecule has 2 aromatic rings. The topological polar surface area (TPSA) is 45.6 Å². The minimum atomic E-state index is -0.487. The number of rotatable bonds is 5. The average molecular weight is 373 g/mol. The average Bonchev–Trinajstić information content (AvgIpc) is 2.72. The van der Waals surface area contributed by atoms with E-state index in [4.69, 9.17) is 9.72 Å². The molecule has 0 amide bonds. The molecule has 3 aliphatic rings. The Morgan fingerprint density at radius 2 is 2.23 bits per heavy atom. The van der Waals surface area contributed by atoms with Crippen molar-refractivity contribution in [2.24, 2.45) is 11.8 Å². The maximum Gasteiger partial charge on any atom is 0.119 e. The van der Waals surface area contributed by atoms with Gasteiger partial charge in [0.1, 0.15) is 5.75 Å². The number of aliphatic hydroxyl groups is 1. The van der Waals surface area contributed by atoms with Crippen molar-refractivity contribution in [2.75, 3.05) is 26.5 Å². The van der Waals surface area contributed by atoms with E-state index in [0.717, 1.165) is 58.6 Å². The second-order valence-corrected chi connectivity index (χ2v) is 8.42. The van der Waals surface area contributed by atoms with Crippen LogP contribution in [0.25, 0.3) is 10.9 Å². The number of hydrogen-bond donors (Lipinski definition) is 1. The highest BCUT2D eigenvalue weighted by molar-refractivity contribution is 7.98. The van der Waals surface area contributed by atoms with Crippen LogP contribution in [0.5, 0.6) is 5.75 Å². The number of piperidine rings is 3. The van der Waals surface area contributed by atoms with Crippen molar-refractivity contribution in [1.29, 1.82) is 0 Å². The number of pyridine rings is 1. The van der Waals surface area contributed by atoms with Crippen molar-refractivity contribution in [1.82, 2.24) is 9.88 Å². The largest absolute Gasteiger partial charge is 0.497 e. The van der Waals surface area contributed by atoms with Crippen LogP contribution in [0.4, 0.5) is 0 Å². The van der Waals surface area contributed by atoms with Crippen LogP contribution < -0.4 is 4.74 Å². The first-order valence-corrected chi connectivity index (χ1v) is 10.8. The zero-order valence-corrected chi connectivity index (χ0v) is 16.6. The van der Waals surface area contributed by atoms with Gasteiger partial charge >= 0.3 is 0 Å². The van der Waals surface area contributed by atoms with Crippen molar-refractivity contribution in [3.05, 3.63) is 29.8 Å². The van der Waals surface area contributed by atoms with Gasteiger partial charge in [0.25, 0.3) is 0 Å². The van der Waals surface area contributed by atoms with Crippen LogP contribution in [-0.4, -0.2) is 47.5 Å². The van der Waals surface area contributed by atoms with Crippen LogP contribution in [0, 0.1) is 11.8 Å². The fraction of sp³-hybridized carbons (Fsp3) is 0.571. The smallest absolute Gasteiger partial charge is 0.119 e. The van der Waals surface area contributed by atoms with Gasteiger partial charge in [-0.3, -0.25) is 4.90 Å². The number of ether oxygens (including phenoxy) is 1. The third-order valence-electron chi connectivity index (χ3n) is 6.38. The number of thioether (sulfide) groups is 1. The van der Waals surface area contributed by atoms with Crippen molar-refractivity contribution in [3.8, 4) is 5.75 Å². The summed E-state index contributed by atoms with van der Waals surface area (Å²) in [4.78, 5) is 7.23. The number of hydrogen-bond acceptors (Lipinski definition) is 5. The van der Waals surface area contributed by atoms with Gasteiger partial charge in [0.05, 0.1) is 23.8 Å². The molecule has 1 aromatic carbocycles. The first-order chi connectivity index (χ1) is 12.6. The van der Waals surface area contributed by atoms with E-state index in [1.165, 1.54) is 12.8 Å². The Kier molecular flexibility index (Phi) is 5.13. The van der Waals surface area contributed by atoms with E-state index in [1.54, 1.807) is 18.9 Å². The van der Waals surface area contributed by atoms with Crippen molar-refractivity contribution in [3.63, 3.8) is 0 Å². The lowest BCUT2D eigenvalue weighted by molar-refractivity contribution is -0.0562. The molecule has 3 saturated heterocycles. The first kappa shape index (κ1) is 18.1. The Morgan fingerprint density at radius 3 is 2.88 bits per heavy atom. The van der Waals surface area contributed by atoms with Gasteiger partial charge in [-0.2, -0.15) is 0 Å². The maximum atomic E-state index is 11.4.